The molecule has 0 aromatic rings. The maximum absolute atomic E-state index is 10.3. The highest BCUT2D eigenvalue weighted by molar-refractivity contribution is 5.66. The molecule has 0 rings (SSSR count). The molecule has 24 heavy (non-hydrogen) atoms. The topological polar surface area (TPSA) is 37.3 Å². The molecule has 0 radical (unpaired) electrons. The molecule has 0 bridgehead atoms. The lowest BCUT2D eigenvalue weighted by molar-refractivity contribution is -0.136. The zero-order valence-corrected chi connectivity index (χ0v) is 14.9. The van der Waals surface area contributed by atoms with Crippen LogP contribution in [0.5, 0.6) is 0 Å². The first-order chi connectivity index (χ1) is 11.8. The molecule has 0 unspecified atom stereocenters. The van der Waals surface area contributed by atoms with E-state index in [0.717, 1.165) is 38.5 Å². The summed E-state index contributed by atoms with van der Waals surface area (Å²) in [6, 6.07) is 0. The fraction of sp³-hybridized carbons (Fsp3) is 0.409. The molecule has 2 heteroatoms. The molecule has 0 fully saturated rings. The molecule has 0 aromatic heterocycles. The standard InChI is InChI=1S/C22H32O2/c1-2-3-4-5-6-7-8-9-10-11-12-13-14-15-16-17-18-19-20-21-22(23)24/h3-4,6-7,9-10,12-13,15-16,18-19H,2,5,8,11,14,17,20-21H2,1H3,(H,23,24)/b4-3?,7-6?,10-9?,13-12-,16-15-,19-18-. The lowest BCUT2D eigenvalue weighted by Crippen LogP contribution is -1.91. The van der Waals surface area contributed by atoms with Crippen molar-refractivity contribution in [1.29, 1.82) is 0 Å². The Labute approximate surface area is 147 Å². The van der Waals surface area contributed by atoms with Gasteiger partial charge in [0.25, 0.3) is 0 Å². The van der Waals surface area contributed by atoms with Crippen molar-refractivity contribution in [1.82, 2.24) is 0 Å². The maximum atomic E-state index is 10.3. The van der Waals surface area contributed by atoms with Gasteiger partial charge in [-0.05, 0) is 44.9 Å². The average molecular weight is 328 g/mol. The summed E-state index contributed by atoms with van der Waals surface area (Å²) in [6.07, 6.45) is 32.5. The van der Waals surface area contributed by atoms with E-state index in [1.807, 2.05) is 12.2 Å². The van der Waals surface area contributed by atoms with Crippen LogP contribution in [0.25, 0.3) is 0 Å². The van der Waals surface area contributed by atoms with Gasteiger partial charge < -0.3 is 5.11 Å². The first-order valence-electron chi connectivity index (χ1n) is 8.89. The SMILES string of the molecule is CCC=CCC=CCC=CC/C=C\C/C=C\C/C=C\CCC(=O)O. The number of rotatable bonds is 14. The predicted molar refractivity (Wildman–Crippen MR) is 105 cm³/mol. The average Bonchev–Trinajstić information content (AvgIpc) is 2.56. The Morgan fingerprint density at radius 3 is 1.29 bits per heavy atom. The van der Waals surface area contributed by atoms with Crippen LogP contribution >= 0.6 is 0 Å². The van der Waals surface area contributed by atoms with E-state index in [2.05, 4.69) is 67.7 Å². The van der Waals surface area contributed by atoms with E-state index in [1.54, 1.807) is 0 Å². The number of hydrogen-bond acceptors (Lipinski definition) is 1. The molecule has 1 N–H and O–H groups in total. The zero-order chi connectivity index (χ0) is 17.7. The Kier molecular flexibility index (Phi) is 17.3. The van der Waals surface area contributed by atoms with Crippen LogP contribution in [0.3, 0.4) is 0 Å². The Balaban J connectivity index is 3.51. The van der Waals surface area contributed by atoms with Crippen molar-refractivity contribution in [2.24, 2.45) is 0 Å². The van der Waals surface area contributed by atoms with E-state index in [0.29, 0.717) is 6.42 Å². The molecule has 0 spiro atoms. The van der Waals surface area contributed by atoms with E-state index in [9.17, 15) is 4.79 Å². The van der Waals surface area contributed by atoms with E-state index >= 15 is 0 Å². The van der Waals surface area contributed by atoms with Gasteiger partial charge in [-0.3, -0.25) is 4.79 Å². The van der Waals surface area contributed by atoms with E-state index in [4.69, 9.17) is 5.11 Å². The van der Waals surface area contributed by atoms with Crippen LogP contribution in [0.1, 0.15) is 58.3 Å². The van der Waals surface area contributed by atoms with Crippen LogP contribution in [0.4, 0.5) is 0 Å². The molecule has 0 aromatic carbocycles. The number of carboxylic acids is 1. The van der Waals surface area contributed by atoms with Gasteiger partial charge in [0, 0.05) is 6.42 Å². The number of hydrogen-bond donors (Lipinski definition) is 1. The van der Waals surface area contributed by atoms with Crippen molar-refractivity contribution in [2.45, 2.75) is 58.3 Å². The largest absolute Gasteiger partial charge is 0.481 e. The quantitative estimate of drug-likeness (QED) is 0.367. The molecule has 0 aliphatic heterocycles. The second-order valence-corrected chi connectivity index (χ2v) is 5.35. The van der Waals surface area contributed by atoms with Crippen LogP contribution in [0, 0.1) is 0 Å². The van der Waals surface area contributed by atoms with Crippen molar-refractivity contribution < 1.29 is 9.90 Å². The van der Waals surface area contributed by atoms with Crippen molar-refractivity contribution in [3.8, 4) is 0 Å². The lowest BCUT2D eigenvalue weighted by atomic mass is 10.2. The summed E-state index contributed by atoms with van der Waals surface area (Å²) in [6.45, 7) is 2.15. The summed E-state index contributed by atoms with van der Waals surface area (Å²) in [4.78, 5) is 10.3. The van der Waals surface area contributed by atoms with Gasteiger partial charge in [-0.25, -0.2) is 0 Å². The Morgan fingerprint density at radius 1 is 0.625 bits per heavy atom. The summed E-state index contributed by atoms with van der Waals surface area (Å²) in [5.41, 5.74) is 0. The third kappa shape index (κ3) is 19.9. The van der Waals surface area contributed by atoms with E-state index in [1.165, 1.54) is 0 Å². The molecular formula is C22H32O2. The van der Waals surface area contributed by atoms with Crippen LogP contribution in [-0.2, 0) is 4.79 Å². The molecule has 0 saturated heterocycles. The smallest absolute Gasteiger partial charge is 0.303 e. The van der Waals surface area contributed by atoms with Gasteiger partial charge in [0.15, 0.2) is 0 Å². The number of carboxylic acid groups (broad SMARTS) is 1. The van der Waals surface area contributed by atoms with Crippen molar-refractivity contribution in [2.75, 3.05) is 0 Å². The van der Waals surface area contributed by atoms with Crippen LogP contribution in [0.2, 0.25) is 0 Å². The summed E-state index contributed by atoms with van der Waals surface area (Å²) < 4.78 is 0. The fourth-order valence-corrected chi connectivity index (χ4v) is 1.85. The third-order valence-corrected chi connectivity index (χ3v) is 3.12. The Morgan fingerprint density at radius 2 is 0.958 bits per heavy atom. The predicted octanol–water partition coefficient (Wildman–Crippen LogP) is 6.55. The molecule has 0 amide bonds. The maximum Gasteiger partial charge on any atom is 0.303 e. The summed E-state index contributed by atoms with van der Waals surface area (Å²) in [5, 5.41) is 8.49. The van der Waals surface area contributed by atoms with Crippen LogP contribution in [0.15, 0.2) is 72.9 Å². The second kappa shape index (κ2) is 19.0. The highest BCUT2D eigenvalue weighted by Crippen LogP contribution is 1.97. The van der Waals surface area contributed by atoms with Gasteiger partial charge >= 0.3 is 5.97 Å². The molecular weight excluding hydrogens is 296 g/mol. The lowest BCUT2D eigenvalue weighted by Gasteiger charge is -1.87. The molecule has 0 heterocycles. The molecule has 0 aliphatic carbocycles. The van der Waals surface area contributed by atoms with Crippen molar-refractivity contribution in [3.63, 3.8) is 0 Å². The molecule has 2 nitrogen and oxygen atoms in total. The van der Waals surface area contributed by atoms with Crippen LogP contribution in [-0.4, -0.2) is 11.1 Å². The molecule has 0 saturated carbocycles. The van der Waals surface area contributed by atoms with Gasteiger partial charge in [-0.1, -0.05) is 79.8 Å². The minimum absolute atomic E-state index is 0.210. The molecule has 0 atom stereocenters. The minimum Gasteiger partial charge on any atom is -0.481 e. The zero-order valence-electron chi connectivity index (χ0n) is 14.9. The Hall–Kier alpha value is -2.09. The number of carbonyl (C=O) groups is 1. The molecule has 132 valence electrons. The highest BCUT2D eigenvalue weighted by Gasteiger charge is 1.90. The summed E-state index contributed by atoms with van der Waals surface area (Å²) >= 11 is 0. The fourth-order valence-electron chi connectivity index (χ4n) is 1.85. The normalized spacial score (nSPS) is 13.0. The van der Waals surface area contributed by atoms with Gasteiger partial charge in [0.05, 0.1) is 0 Å². The van der Waals surface area contributed by atoms with Crippen molar-refractivity contribution in [3.05, 3.63) is 72.9 Å². The van der Waals surface area contributed by atoms with Gasteiger partial charge in [-0.15, -0.1) is 0 Å². The van der Waals surface area contributed by atoms with Gasteiger partial charge in [-0.2, -0.15) is 0 Å². The number of allylic oxidation sites excluding steroid dienone is 12. The monoisotopic (exact) mass is 328 g/mol. The van der Waals surface area contributed by atoms with E-state index < -0.39 is 5.97 Å². The van der Waals surface area contributed by atoms with Crippen LogP contribution < -0.4 is 0 Å². The van der Waals surface area contributed by atoms with Gasteiger partial charge in [0.1, 0.15) is 0 Å². The first kappa shape index (κ1) is 21.9. The van der Waals surface area contributed by atoms with Gasteiger partial charge in [0.2, 0.25) is 0 Å². The highest BCUT2D eigenvalue weighted by atomic mass is 16.4. The number of aliphatic carboxylic acids is 1. The molecule has 0 aliphatic rings. The minimum atomic E-state index is -0.741. The summed E-state index contributed by atoms with van der Waals surface area (Å²) in [5.74, 6) is -0.741. The first-order valence-corrected chi connectivity index (χ1v) is 8.89. The van der Waals surface area contributed by atoms with E-state index in [-0.39, 0.29) is 6.42 Å². The Bertz CT molecular complexity index is 462. The summed E-state index contributed by atoms with van der Waals surface area (Å²) in [7, 11) is 0. The van der Waals surface area contributed by atoms with Crippen molar-refractivity contribution >= 4 is 5.97 Å². The third-order valence-electron chi connectivity index (χ3n) is 3.12. The second-order valence-electron chi connectivity index (χ2n) is 5.35.